The van der Waals surface area contributed by atoms with Crippen LogP contribution in [0.25, 0.3) is 0 Å². The lowest BCUT2D eigenvalue weighted by Gasteiger charge is -2.39. The molecule has 2 fully saturated rings. The van der Waals surface area contributed by atoms with Crippen molar-refractivity contribution in [3.8, 4) is 0 Å². The van der Waals surface area contributed by atoms with Gasteiger partial charge in [0, 0.05) is 32.7 Å². The van der Waals surface area contributed by atoms with Gasteiger partial charge in [0.15, 0.2) is 12.4 Å². The Morgan fingerprint density at radius 3 is 2.51 bits per heavy atom. The van der Waals surface area contributed by atoms with Crippen molar-refractivity contribution in [3.05, 3.63) is 34.9 Å². The minimum Gasteiger partial charge on any atom is -0.388 e. The molecule has 15 heteroatoms. The van der Waals surface area contributed by atoms with Crippen molar-refractivity contribution in [2.45, 2.75) is 44.1 Å². The topological polar surface area (TPSA) is 184 Å². The third kappa shape index (κ3) is 7.81. The number of nitrogens with two attached hydrogens (primary N) is 1. The number of piperazine rings is 1. The molecule has 6 N–H and O–H groups in total. The summed E-state index contributed by atoms with van der Waals surface area (Å²) in [6.07, 6.45) is -5.08. The first-order valence-corrected chi connectivity index (χ1v) is 13.8. The number of carbonyl (C=O) groups excluding carboxylic acids is 2. The number of nitrogens with one attached hydrogen (secondary N) is 2. The number of hydrogen-bond acceptors (Lipinski definition) is 10. The number of amides is 2. The molecule has 0 saturated carbocycles. The molecule has 5 atom stereocenters. The minimum absolute atomic E-state index is 0.0398. The van der Waals surface area contributed by atoms with Gasteiger partial charge in [0.1, 0.15) is 18.1 Å². The Balaban J connectivity index is 1.80. The van der Waals surface area contributed by atoms with Crippen LogP contribution in [0, 0.1) is 6.92 Å². The molecular formula is C22H34ClN5O8S. The lowest BCUT2D eigenvalue weighted by Crippen LogP contribution is -2.60. The van der Waals surface area contributed by atoms with E-state index in [1.165, 1.54) is 7.05 Å². The number of aryl methyl sites for hydroxylation is 1. The predicted octanol–water partition coefficient (Wildman–Crippen LogP) is -2.08. The summed E-state index contributed by atoms with van der Waals surface area (Å²) in [6, 6.07) is 4.42. The number of hydrogen-bond donors (Lipinski definition) is 5. The van der Waals surface area contributed by atoms with E-state index in [1.54, 1.807) is 28.7 Å². The van der Waals surface area contributed by atoms with Crippen molar-refractivity contribution in [1.29, 1.82) is 0 Å². The molecule has 0 bridgehead atoms. The van der Waals surface area contributed by atoms with Crippen molar-refractivity contribution in [2.24, 2.45) is 5.14 Å². The summed E-state index contributed by atoms with van der Waals surface area (Å²) in [5.41, 5.74) is 1.95. The third-order valence-electron chi connectivity index (χ3n) is 6.45. The Labute approximate surface area is 221 Å². The average molecular weight is 564 g/mol. The fourth-order valence-corrected chi connectivity index (χ4v) is 5.09. The second kappa shape index (κ2) is 12.8. The summed E-state index contributed by atoms with van der Waals surface area (Å²) in [6.45, 7) is 4.64. The van der Waals surface area contributed by atoms with Crippen molar-refractivity contribution in [3.63, 3.8) is 0 Å². The molecule has 2 heterocycles. The lowest BCUT2D eigenvalue weighted by molar-refractivity contribution is -0.231. The van der Waals surface area contributed by atoms with Gasteiger partial charge in [-0.05, 0) is 30.7 Å². The highest BCUT2D eigenvalue weighted by Crippen LogP contribution is 2.29. The van der Waals surface area contributed by atoms with E-state index < -0.39 is 46.8 Å². The number of ether oxygens (including phenoxy) is 2. The molecule has 3 rings (SSSR count). The molecule has 2 aliphatic rings. The van der Waals surface area contributed by atoms with Gasteiger partial charge in [0.25, 0.3) is 16.1 Å². The number of aliphatic hydroxyl groups excluding tert-OH is 2. The summed E-state index contributed by atoms with van der Waals surface area (Å²) in [5, 5.41) is 28.4. The van der Waals surface area contributed by atoms with Crippen LogP contribution in [0.15, 0.2) is 18.2 Å². The Morgan fingerprint density at radius 1 is 1.27 bits per heavy atom. The Morgan fingerprint density at radius 2 is 1.95 bits per heavy atom. The van der Waals surface area contributed by atoms with E-state index in [4.69, 9.17) is 26.2 Å². The molecule has 1 aromatic carbocycles. The second-order valence-corrected chi connectivity index (χ2v) is 10.6. The molecule has 2 saturated heterocycles. The summed E-state index contributed by atoms with van der Waals surface area (Å²) in [5.74, 6) is -1.17. The molecule has 13 nitrogen and oxygen atoms in total. The van der Waals surface area contributed by atoms with Crippen LogP contribution in [-0.2, 0) is 35.8 Å². The fraction of sp³-hybridized carbons (Fsp3) is 0.636. The van der Waals surface area contributed by atoms with Crippen molar-refractivity contribution < 1.29 is 37.7 Å². The Kier molecular flexibility index (Phi) is 10.2. The molecule has 5 unspecified atom stereocenters. The van der Waals surface area contributed by atoms with Crippen LogP contribution in [0.5, 0.6) is 0 Å². The van der Waals surface area contributed by atoms with Crippen LogP contribution in [0.1, 0.15) is 22.8 Å². The van der Waals surface area contributed by atoms with Gasteiger partial charge in [0.05, 0.1) is 12.6 Å². The maximum absolute atomic E-state index is 12.9. The summed E-state index contributed by atoms with van der Waals surface area (Å²) < 4.78 is 35.9. The standard InChI is InChI=1S/C22H34ClN5O8S/c1-13-9-14(11-27-5-7-28(8-6-27)17(30)10-23)3-4-15(13)19(21(31)26-37(24,33)34)36-20-16(29)12-35-22(32)18(20)25-2/h3-4,9,16,18-20,22,25,29,32H,5-8,10-12H2,1-2H3,(H,26,31)(H2,24,33,34). The van der Waals surface area contributed by atoms with E-state index in [0.717, 1.165) is 5.56 Å². The number of carbonyl (C=O) groups is 2. The molecule has 0 radical (unpaired) electrons. The number of benzene rings is 1. The van der Waals surface area contributed by atoms with Gasteiger partial charge in [-0.15, -0.1) is 11.6 Å². The summed E-state index contributed by atoms with van der Waals surface area (Å²) in [4.78, 5) is 28.6. The molecule has 2 aliphatic heterocycles. The van der Waals surface area contributed by atoms with Crippen molar-refractivity contribution >= 4 is 33.6 Å². The van der Waals surface area contributed by atoms with Gasteiger partial charge in [-0.2, -0.15) is 8.42 Å². The molecule has 1 aromatic rings. The van der Waals surface area contributed by atoms with E-state index in [0.29, 0.717) is 43.9 Å². The number of halogens is 1. The first kappa shape index (κ1) is 29.7. The van der Waals surface area contributed by atoms with Gasteiger partial charge in [-0.1, -0.05) is 18.2 Å². The third-order valence-corrected chi connectivity index (χ3v) is 7.16. The first-order valence-electron chi connectivity index (χ1n) is 11.7. The predicted molar refractivity (Wildman–Crippen MR) is 133 cm³/mol. The molecule has 0 aromatic heterocycles. The molecule has 0 spiro atoms. The zero-order chi connectivity index (χ0) is 27.3. The second-order valence-electron chi connectivity index (χ2n) is 9.08. The van der Waals surface area contributed by atoms with E-state index in [1.807, 2.05) is 6.07 Å². The van der Waals surface area contributed by atoms with Crippen LogP contribution in [0.4, 0.5) is 0 Å². The van der Waals surface area contributed by atoms with Gasteiger partial charge in [-0.3, -0.25) is 14.5 Å². The van der Waals surface area contributed by atoms with Crippen molar-refractivity contribution in [1.82, 2.24) is 19.8 Å². The fourth-order valence-electron chi connectivity index (χ4n) is 4.54. The highest BCUT2D eigenvalue weighted by atomic mass is 35.5. The number of rotatable bonds is 9. The van der Waals surface area contributed by atoms with E-state index in [9.17, 15) is 28.2 Å². The van der Waals surface area contributed by atoms with Crippen molar-refractivity contribution in [2.75, 3.05) is 45.7 Å². The van der Waals surface area contributed by atoms with Gasteiger partial charge in [-0.25, -0.2) is 9.86 Å². The zero-order valence-electron chi connectivity index (χ0n) is 20.7. The van der Waals surface area contributed by atoms with E-state index >= 15 is 0 Å². The number of likely N-dealkylation sites (N-methyl/N-ethyl adjacent to an activating group) is 1. The number of alkyl halides is 1. The molecular weight excluding hydrogens is 530 g/mol. The quantitative estimate of drug-likeness (QED) is 0.209. The first-order chi connectivity index (χ1) is 17.4. The highest BCUT2D eigenvalue weighted by molar-refractivity contribution is 7.87. The minimum atomic E-state index is -4.39. The van der Waals surface area contributed by atoms with Crippen LogP contribution in [-0.4, -0.2) is 110 Å². The Bertz CT molecular complexity index is 1070. The van der Waals surface area contributed by atoms with Crippen LogP contribution >= 0.6 is 11.6 Å². The van der Waals surface area contributed by atoms with Gasteiger partial charge < -0.3 is 29.9 Å². The van der Waals surface area contributed by atoms with Crippen LogP contribution in [0.2, 0.25) is 0 Å². The normalized spacial score (nSPS) is 26.1. The number of aliphatic hydroxyl groups is 2. The smallest absolute Gasteiger partial charge is 0.298 e. The van der Waals surface area contributed by atoms with Gasteiger partial charge in [0.2, 0.25) is 5.91 Å². The lowest BCUT2D eigenvalue weighted by atomic mass is 9.97. The maximum Gasteiger partial charge on any atom is 0.298 e. The summed E-state index contributed by atoms with van der Waals surface area (Å²) in [7, 11) is -2.86. The van der Waals surface area contributed by atoms with Crippen LogP contribution < -0.4 is 15.2 Å². The zero-order valence-corrected chi connectivity index (χ0v) is 22.2. The highest BCUT2D eigenvalue weighted by Gasteiger charge is 2.42. The summed E-state index contributed by atoms with van der Waals surface area (Å²) >= 11 is 5.64. The Hall–Kier alpha value is -1.88. The monoisotopic (exact) mass is 563 g/mol. The van der Waals surface area contributed by atoms with Gasteiger partial charge >= 0.3 is 0 Å². The largest absolute Gasteiger partial charge is 0.388 e. The molecule has 0 aliphatic carbocycles. The van der Waals surface area contributed by atoms with E-state index in [-0.39, 0.29) is 18.4 Å². The average Bonchev–Trinajstić information content (AvgIpc) is 2.84. The van der Waals surface area contributed by atoms with Crippen LogP contribution in [0.3, 0.4) is 0 Å². The SMILES string of the molecule is CNC1C(O)OCC(O)C1OC(C(=O)NS(N)(=O)=O)c1ccc(CN2CCN(C(=O)CCl)CC2)cc1C. The number of nitrogens with zero attached hydrogens (tertiary/aromatic N) is 2. The van der Waals surface area contributed by atoms with E-state index in [2.05, 4.69) is 10.2 Å². The maximum atomic E-state index is 12.9. The molecule has 2 amide bonds. The molecule has 208 valence electrons. The molecule has 37 heavy (non-hydrogen) atoms.